The molecule has 0 radical (unpaired) electrons. The molecular formula is C14H22N2O4. The summed E-state index contributed by atoms with van der Waals surface area (Å²) >= 11 is 0. The molecule has 1 aromatic heterocycles. The summed E-state index contributed by atoms with van der Waals surface area (Å²) in [5.41, 5.74) is -0.641. The van der Waals surface area contributed by atoms with Gasteiger partial charge in [-0.1, -0.05) is 18.0 Å². The van der Waals surface area contributed by atoms with Crippen LogP contribution in [0.1, 0.15) is 57.2 Å². The van der Waals surface area contributed by atoms with E-state index in [2.05, 4.69) is 10.1 Å². The summed E-state index contributed by atoms with van der Waals surface area (Å²) < 4.78 is 15.5. The molecule has 6 heteroatoms. The normalized spacial score (nSPS) is 18.2. The molecule has 0 spiro atoms. The molecule has 6 nitrogen and oxygen atoms in total. The second kappa shape index (κ2) is 5.91. The minimum absolute atomic E-state index is 0.224. The molecule has 0 bridgehead atoms. The van der Waals surface area contributed by atoms with Crippen molar-refractivity contribution in [2.24, 2.45) is 5.92 Å². The van der Waals surface area contributed by atoms with Crippen molar-refractivity contribution >= 4 is 5.97 Å². The van der Waals surface area contributed by atoms with Crippen molar-refractivity contribution in [1.29, 1.82) is 0 Å². The maximum Gasteiger partial charge on any atom is 0.318 e. The van der Waals surface area contributed by atoms with E-state index >= 15 is 0 Å². The van der Waals surface area contributed by atoms with Crippen LogP contribution in [-0.4, -0.2) is 30.3 Å². The molecule has 0 N–H and O–H groups in total. The number of ether oxygens (including phenoxy) is 2. The predicted octanol–water partition coefficient (Wildman–Crippen LogP) is 2.40. The Morgan fingerprint density at radius 1 is 1.35 bits per heavy atom. The zero-order chi connectivity index (χ0) is 14.8. The molecule has 1 atom stereocenters. The summed E-state index contributed by atoms with van der Waals surface area (Å²) in [6.07, 6.45) is 4.24. The van der Waals surface area contributed by atoms with E-state index in [0.717, 1.165) is 25.7 Å². The molecule has 0 aromatic carbocycles. The Balaban J connectivity index is 2.27. The lowest BCUT2D eigenvalue weighted by Crippen LogP contribution is -2.23. The molecule has 0 amide bonds. The average molecular weight is 282 g/mol. The molecular weight excluding hydrogens is 260 g/mol. The van der Waals surface area contributed by atoms with Crippen molar-refractivity contribution in [2.45, 2.75) is 51.0 Å². The van der Waals surface area contributed by atoms with Gasteiger partial charge in [0, 0.05) is 7.11 Å². The fourth-order valence-electron chi connectivity index (χ4n) is 2.61. The fourth-order valence-corrected chi connectivity index (χ4v) is 2.61. The van der Waals surface area contributed by atoms with Crippen LogP contribution in [0.5, 0.6) is 0 Å². The molecule has 1 aromatic rings. The number of carbonyl (C=O) groups is 1. The minimum Gasteiger partial charge on any atom is -0.468 e. The number of aromatic nitrogens is 2. The Morgan fingerprint density at radius 3 is 2.55 bits per heavy atom. The van der Waals surface area contributed by atoms with Crippen LogP contribution in [0.2, 0.25) is 0 Å². The van der Waals surface area contributed by atoms with E-state index < -0.39 is 11.5 Å². The lowest BCUT2D eigenvalue weighted by Gasteiger charge is -2.18. The number of esters is 1. The smallest absolute Gasteiger partial charge is 0.318 e. The Bertz CT molecular complexity index is 463. The van der Waals surface area contributed by atoms with Crippen molar-refractivity contribution in [1.82, 2.24) is 10.1 Å². The van der Waals surface area contributed by atoms with Crippen LogP contribution in [0.15, 0.2) is 4.52 Å². The third-order valence-electron chi connectivity index (χ3n) is 4.08. The molecule has 20 heavy (non-hydrogen) atoms. The quantitative estimate of drug-likeness (QED) is 0.772. The van der Waals surface area contributed by atoms with Gasteiger partial charge >= 0.3 is 5.97 Å². The first-order valence-electron chi connectivity index (χ1n) is 6.96. The van der Waals surface area contributed by atoms with E-state index in [1.807, 2.05) is 13.8 Å². The van der Waals surface area contributed by atoms with Gasteiger partial charge in [-0.05, 0) is 32.6 Å². The molecule has 0 saturated heterocycles. The highest BCUT2D eigenvalue weighted by molar-refractivity contribution is 5.77. The van der Waals surface area contributed by atoms with Crippen molar-refractivity contribution in [3.63, 3.8) is 0 Å². The third kappa shape index (κ3) is 2.85. The van der Waals surface area contributed by atoms with E-state index in [9.17, 15) is 4.79 Å². The van der Waals surface area contributed by atoms with Gasteiger partial charge in [-0.25, -0.2) is 0 Å². The van der Waals surface area contributed by atoms with Crippen molar-refractivity contribution < 1.29 is 18.8 Å². The second-order valence-corrected chi connectivity index (χ2v) is 5.72. The molecule has 112 valence electrons. The highest BCUT2D eigenvalue weighted by atomic mass is 16.5. The van der Waals surface area contributed by atoms with Gasteiger partial charge in [0.05, 0.1) is 7.11 Å². The molecule has 1 unspecified atom stereocenters. The molecule has 2 rings (SSSR count). The van der Waals surface area contributed by atoms with E-state index in [0.29, 0.717) is 11.7 Å². The largest absolute Gasteiger partial charge is 0.468 e. The summed E-state index contributed by atoms with van der Waals surface area (Å²) in [5.74, 6) is 0.242. The molecule has 1 heterocycles. The summed E-state index contributed by atoms with van der Waals surface area (Å²) in [5, 5.41) is 3.95. The van der Waals surface area contributed by atoms with Crippen LogP contribution in [0.3, 0.4) is 0 Å². The van der Waals surface area contributed by atoms with Crippen molar-refractivity contribution in [3.05, 3.63) is 11.7 Å². The molecule has 1 aliphatic carbocycles. The van der Waals surface area contributed by atoms with Crippen LogP contribution in [0.4, 0.5) is 0 Å². The predicted molar refractivity (Wildman–Crippen MR) is 71.0 cm³/mol. The zero-order valence-electron chi connectivity index (χ0n) is 12.5. The van der Waals surface area contributed by atoms with Gasteiger partial charge in [-0.15, -0.1) is 0 Å². The Hall–Kier alpha value is -1.43. The van der Waals surface area contributed by atoms with Crippen LogP contribution in [0.25, 0.3) is 0 Å². The van der Waals surface area contributed by atoms with Gasteiger partial charge in [0.15, 0.2) is 0 Å². The van der Waals surface area contributed by atoms with Crippen LogP contribution >= 0.6 is 0 Å². The van der Waals surface area contributed by atoms with Gasteiger partial charge < -0.3 is 14.0 Å². The van der Waals surface area contributed by atoms with Crippen LogP contribution in [-0.2, 0) is 19.9 Å². The number of carbonyl (C=O) groups excluding carboxylic acids is 1. The first kappa shape index (κ1) is 15.0. The average Bonchev–Trinajstić information content (AvgIpc) is 3.10. The van der Waals surface area contributed by atoms with Gasteiger partial charge in [-0.2, -0.15) is 4.98 Å². The fraction of sp³-hybridized carbons (Fsp3) is 0.786. The number of hydrogen-bond donors (Lipinski definition) is 0. The molecule has 1 saturated carbocycles. The van der Waals surface area contributed by atoms with Crippen LogP contribution in [0, 0.1) is 5.92 Å². The number of rotatable bonds is 5. The maximum absolute atomic E-state index is 12.0. The monoisotopic (exact) mass is 282 g/mol. The number of hydrogen-bond acceptors (Lipinski definition) is 6. The van der Waals surface area contributed by atoms with Gasteiger partial charge in [-0.3, -0.25) is 4.79 Å². The molecule has 0 aliphatic heterocycles. The van der Waals surface area contributed by atoms with Crippen LogP contribution < -0.4 is 0 Å². The highest BCUT2D eigenvalue weighted by Crippen LogP contribution is 2.38. The first-order chi connectivity index (χ1) is 9.49. The van der Waals surface area contributed by atoms with Gasteiger partial charge in [0.2, 0.25) is 11.7 Å². The van der Waals surface area contributed by atoms with E-state index in [4.69, 9.17) is 14.0 Å². The van der Waals surface area contributed by atoms with E-state index in [-0.39, 0.29) is 11.9 Å². The Morgan fingerprint density at radius 2 is 2.00 bits per heavy atom. The zero-order valence-corrected chi connectivity index (χ0v) is 12.5. The first-order valence-corrected chi connectivity index (χ1v) is 6.96. The standard InChI is InChI=1S/C14H22N2O4/c1-14(2,19-4)13-15-11(20-16-13)10(12(17)18-3)9-7-5-6-8-9/h9-10H,5-8H2,1-4H3. The third-order valence-corrected chi connectivity index (χ3v) is 4.08. The lowest BCUT2D eigenvalue weighted by atomic mass is 9.90. The molecule has 1 fully saturated rings. The summed E-state index contributed by atoms with van der Waals surface area (Å²) in [7, 11) is 2.98. The molecule has 1 aliphatic rings. The number of nitrogens with zero attached hydrogens (tertiary/aromatic N) is 2. The second-order valence-electron chi connectivity index (χ2n) is 5.72. The summed E-state index contributed by atoms with van der Waals surface area (Å²) in [6, 6.07) is 0. The minimum atomic E-state index is -0.641. The number of methoxy groups -OCH3 is 2. The van der Waals surface area contributed by atoms with Gasteiger partial charge in [0.25, 0.3) is 0 Å². The Kier molecular flexibility index (Phi) is 4.42. The maximum atomic E-state index is 12.0. The SMILES string of the molecule is COC(=O)C(c1nc(C(C)(C)OC)no1)C1CCCC1. The van der Waals surface area contributed by atoms with Crippen molar-refractivity contribution in [3.8, 4) is 0 Å². The summed E-state index contributed by atoms with van der Waals surface area (Å²) in [4.78, 5) is 16.4. The topological polar surface area (TPSA) is 74.5 Å². The van der Waals surface area contributed by atoms with Gasteiger partial charge in [0.1, 0.15) is 11.5 Å². The highest BCUT2D eigenvalue weighted by Gasteiger charge is 2.38. The Labute approximate surface area is 118 Å². The lowest BCUT2D eigenvalue weighted by molar-refractivity contribution is -0.144. The van der Waals surface area contributed by atoms with Crippen molar-refractivity contribution in [2.75, 3.05) is 14.2 Å². The summed E-state index contributed by atoms with van der Waals surface area (Å²) in [6.45, 7) is 3.70. The van der Waals surface area contributed by atoms with E-state index in [1.54, 1.807) is 7.11 Å². The van der Waals surface area contributed by atoms with E-state index in [1.165, 1.54) is 7.11 Å².